The summed E-state index contributed by atoms with van der Waals surface area (Å²) < 4.78 is 0. The molecule has 1 fully saturated rings. The maximum Gasteiger partial charge on any atom is 0.126 e. The Bertz CT molecular complexity index is 675. The molecule has 3 heteroatoms. The van der Waals surface area contributed by atoms with E-state index in [-0.39, 0.29) is 11.0 Å². The Labute approximate surface area is 132 Å². The summed E-state index contributed by atoms with van der Waals surface area (Å²) in [6, 6.07) is 13.2. The Morgan fingerprint density at radius 2 is 2.09 bits per heavy atom. The Morgan fingerprint density at radius 1 is 1.36 bits per heavy atom. The van der Waals surface area contributed by atoms with Crippen LogP contribution >= 0.6 is 0 Å². The van der Waals surface area contributed by atoms with Crippen LogP contribution in [0.15, 0.2) is 35.9 Å². The smallest absolute Gasteiger partial charge is 0.126 e. The maximum absolute atomic E-state index is 8.90. The SMILES string of the molecule is C[C@@H]1[C@H]2Cc3ccccc3[C@]1(C)CCN2CC=C(C#N)C#N. The monoisotopic (exact) mass is 291 g/mol. The molecule has 0 amide bonds. The van der Waals surface area contributed by atoms with E-state index in [0.717, 1.165) is 19.4 Å². The van der Waals surface area contributed by atoms with E-state index >= 15 is 0 Å². The van der Waals surface area contributed by atoms with Crippen molar-refractivity contribution in [1.29, 1.82) is 10.5 Å². The van der Waals surface area contributed by atoms with Crippen molar-refractivity contribution >= 4 is 0 Å². The van der Waals surface area contributed by atoms with Crippen LogP contribution < -0.4 is 0 Å². The van der Waals surface area contributed by atoms with Crippen molar-refractivity contribution in [2.24, 2.45) is 5.92 Å². The molecule has 0 N–H and O–H groups in total. The minimum absolute atomic E-state index is 0.220. The van der Waals surface area contributed by atoms with Crippen LogP contribution in [0.3, 0.4) is 0 Å². The number of nitriles is 2. The molecule has 1 aromatic rings. The summed E-state index contributed by atoms with van der Waals surface area (Å²) in [6.45, 7) is 6.47. The van der Waals surface area contributed by atoms with E-state index in [4.69, 9.17) is 10.5 Å². The minimum Gasteiger partial charge on any atom is -0.296 e. The number of fused-ring (bicyclic) bond motifs is 4. The van der Waals surface area contributed by atoms with Gasteiger partial charge in [-0.1, -0.05) is 38.1 Å². The van der Waals surface area contributed by atoms with Gasteiger partial charge in [0.15, 0.2) is 0 Å². The van der Waals surface area contributed by atoms with E-state index in [9.17, 15) is 0 Å². The number of hydrogen-bond acceptors (Lipinski definition) is 3. The van der Waals surface area contributed by atoms with Gasteiger partial charge < -0.3 is 0 Å². The van der Waals surface area contributed by atoms with Crippen molar-refractivity contribution < 1.29 is 0 Å². The lowest BCUT2D eigenvalue weighted by atomic mass is 9.59. The normalized spacial score (nSPS) is 29.8. The summed E-state index contributed by atoms with van der Waals surface area (Å²) in [5, 5.41) is 17.8. The second kappa shape index (κ2) is 5.59. The first kappa shape index (κ1) is 14.8. The van der Waals surface area contributed by atoms with Gasteiger partial charge in [-0.15, -0.1) is 0 Å². The molecular weight excluding hydrogens is 270 g/mol. The largest absolute Gasteiger partial charge is 0.296 e. The first-order valence-electron chi connectivity index (χ1n) is 7.93. The Kier molecular flexibility index (Phi) is 3.77. The topological polar surface area (TPSA) is 50.8 Å². The fourth-order valence-corrected chi connectivity index (χ4v) is 4.23. The average Bonchev–Trinajstić information content (AvgIpc) is 2.53. The number of rotatable bonds is 2. The van der Waals surface area contributed by atoms with Gasteiger partial charge in [0, 0.05) is 12.6 Å². The van der Waals surface area contributed by atoms with E-state index in [1.807, 2.05) is 12.1 Å². The van der Waals surface area contributed by atoms with Crippen molar-refractivity contribution in [1.82, 2.24) is 4.90 Å². The summed E-state index contributed by atoms with van der Waals surface area (Å²) >= 11 is 0. The lowest BCUT2D eigenvalue weighted by Crippen LogP contribution is -2.57. The van der Waals surface area contributed by atoms with Gasteiger partial charge >= 0.3 is 0 Å². The first-order chi connectivity index (χ1) is 10.6. The summed E-state index contributed by atoms with van der Waals surface area (Å²) in [5.74, 6) is 0.581. The van der Waals surface area contributed by atoms with E-state index in [1.54, 1.807) is 6.08 Å². The van der Waals surface area contributed by atoms with Gasteiger partial charge in [0.25, 0.3) is 0 Å². The van der Waals surface area contributed by atoms with Crippen LogP contribution in [0.5, 0.6) is 0 Å². The number of nitrogens with zero attached hydrogens (tertiary/aromatic N) is 3. The molecule has 1 saturated heterocycles. The molecule has 0 aromatic heterocycles. The van der Waals surface area contributed by atoms with Crippen molar-refractivity contribution in [2.45, 2.75) is 38.1 Å². The van der Waals surface area contributed by atoms with E-state index in [1.165, 1.54) is 11.1 Å². The van der Waals surface area contributed by atoms with Crippen LogP contribution in [0.1, 0.15) is 31.4 Å². The quantitative estimate of drug-likeness (QED) is 0.786. The molecule has 3 nitrogen and oxygen atoms in total. The molecular formula is C19H21N3. The average molecular weight is 291 g/mol. The molecule has 2 aliphatic rings. The molecule has 112 valence electrons. The number of allylic oxidation sites excluding steroid dienone is 1. The zero-order valence-electron chi connectivity index (χ0n) is 13.2. The zero-order valence-corrected chi connectivity index (χ0v) is 13.2. The van der Waals surface area contributed by atoms with Crippen LogP contribution in [0.2, 0.25) is 0 Å². The van der Waals surface area contributed by atoms with E-state index in [2.05, 4.69) is 43.0 Å². The van der Waals surface area contributed by atoms with Gasteiger partial charge in [0.1, 0.15) is 17.7 Å². The van der Waals surface area contributed by atoms with Crippen LogP contribution in [-0.2, 0) is 11.8 Å². The second-order valence-corrected chi connectivity index (χ2v) is 6.72. The van der Waals surface area contributed by atoms with E-state index < -0.39 is 0 Å². The fraction of sp³-hybridized carbons (Fsp3) is 0.474. The van der Waals surface area contributed by atoms with Gasteiger partial charge in [-0.2, -0.15) is 10.5 Å². The highest BCUT2D eigenvalue weighted by Gasteiger charge is 2.47. The number of benzene rings is 1. The minimum atomic E-state index is 0.220. The molecule has 1 heterocycles. The highest BCUT2D eigenvalue weighted by Crippen LogP contribution is 2.48. The molecule has 3 rings (SSSR count). The molecule has 1 aliphatic heterocycles. The fourth-order valence-electron chi connectivity index (χ4n) is 4.23. The standard InChI is InChI=1S/C19H21N3/c1-14-18-11-16-5-3-4-6-17(16)19(14,2)8-10-22(18)9-7-15(12-20)13-21/h3-7,14,18H,8-11H2,1-2H3/t14-,18-,19-/m1/s1. The second-order valence-electron chi connectivity index (χ2n) is 6.72. The van der Waals surface area contributed by atoms with Gasteiger partial charge in [0.2, 0.25) is 0 Å². The van der Waals surface area contributed by atoms with Crippen LogP contribution in [-0.4, -0.2) is 24.0 Å². The first-order valence-corrected chi connectivity index (χ1v) is 7.93. The highest BCUT2D eigenvalue weighted by molar-refractivity contribution is 5.40. The number of hydrogen-bond donors (Lipinski definition) is 0. The lowest BCUT2D eigenvalue weighted by Gasteiger charge is -2.54. The van der Waals surface area contributed by atoms with Crippen molar-refractivity contribution in [2.75, 3.05) is 13.1 Å². The predicted molar refractivity (Wildman–Crippen MR) is 85.9 cm³/mol. The van der Waals surface area contributed by atoms with Crippen LogP contribution in [0.25, 0.3) is 0 Å². The summed E-state index contributed by atoms with van der Waals surface area (Å²) in [6.07, 6.45) is 3.97. The lowest BCUT2D eigenvalue weighted by molar-refractivity contribution is 0.0399. The predicted octanol–water partition coefficient (Wildman–Crippen LogP) is 3.18. The zero-order chi connectivity index (χ0) is 15.7. The third-order valence-electron chi connectivity index (χ3n) is 5.80. The highest BCUT2D eigenvalue weighted by atomic mass is 15.2. The summed E-state index contributed by atoms with van der Waals surface area (Å²) in [7, 11) is 0. The summed E-state index contributed by atoms with van der Waals surface area (Å²) in [5.41, 5.74) is 3.44. The van der Waals surface area contributed by atoms with Gasteiger partial charge in [-0.25, -0.2) is 0 Å². The van der Waals surface area contributed by atoms with Crippen molar-refractivity contribution in [3.8, 4) is 12.1 Å². The van der Waals surface area contributed by atoms with Gasteiger partial charge in [-0.3, -0.25) is 4.90 Å². The van der Waals surface area contributed by atoms with E-state index in [0.29, 0.717) is 18.5 Å². The third-order valence-corrected chi connectivity index (χ3v) is 5.80. The molecule has 0 radical (unpaired) electrons. The molecule has 0 unspecified atom stereocenters. The van der Waals surface area contributed by atoms with Crippen molar-refractivity contribution in [3.63, 3.8) is 0 Å². The number of likely N-dealkylation sites (tertiary alicyclic amines) is 1. The maximum atomic E-state index is 8.90. The number of piperidine rings is 1. The van der Waals surface area contributed by atoms with Gasteiger partial charge in [0.05, 0.1) is 0 Å². The summed E-state index contributed by atoms with van der Waals surface area (Å²) in [4.78, 5) is 2.44. The Morgan fingerprint density at radius 3 is 2.82 bits per heavy atom. The molecule has 3 atom stereocenters. The molecule has 1 aliphatic carbocycles. The Hall–Kier alpha value is -2.10. The van der Waals surface area contributed by atoms with Gasteiger partial charge in [-0.05, 0) is 47.9 Å². The van der Waals surface area contributed by atoms with Crippen LogP contribution in [0.4, 0.5) is 0 Å². The molecule has 0 spiro atoms. The molecule has 0 saturated carbocycles. The third kappa shape index (κ3) is 2.23. The Balaban J connectivity index is 1.89. The molecule has 22 heavy (non-hydrogen) atoms. The van der Waals surface area contributed by atoms with Crippen LogP contribution in [0, 0.1) is 28.6 Å². The molecule has 2 bridgehead atoms. The molecule has 1 aromatic carbocycles. The van der Waals surface area contributed by atoms with Crippen molar-refractivity contribution in [3.05, 3.63) is 47.0 Å².